The summed E-state index contributed by atoms with van der Waals surface area (Å²) >= 11 is 0. The number of rotatable bonds is 4. The fourth-order valence-corrected chi connectivity index (χ4v) is 4.39. The lowest BCUT2D eigenvalue weighted by Crippen LogP contribution is -2.56. The van der Waals surface area contributed by atoms with E-state index in [2.05, 4.69) is 10.6 Å². The monoisotopic (exact) mass is 471 g/mol. The van der Waals surface area contributed by atoms with E-state index in [1.165, 1.54) is 52.3 Å². The Kier molecular flexibility index (Phi) is 7.06. The van der Waals surface area contributed by atoms with Gasteiger partial charge in [0, 0.05) is 36.4 Å². The summed E-state index contributed by atoms with van der Waals surface area (Å²) in [6, 6.07) is 9.80. The van der Waals surface area contributed by atoms with Crippen LogP contribution in [0.2, 0.25) is 0 Å². The Bertz CT molecular complexity index is 1060. The third-order valence-electron chi connectivity index (χ3n) is 6.21. The molecular formula is C24H27F2N5O3. The van der Waals surface area contributed by atoms with Crippen molar-refractivity contribution in [3.8, 4) is 0 Å². The van der Waals surface area contributed by atoms with Gasteiger partial charge >= 0.3 is 6.03 Å². The molecule has 2 aliphatic rings. The van der Waals surface area contributed by atoms with E-state index in [-0.39, 0.29) is 30.7 Å². The van der Waals surface area contributed by atoms with Crippen LogP contribution in [0.3, 0.4) is 0 Å². The van der Waals surface area contributed by atoms with Crippen LogP contribution in [0.25, 0.3) is 0 Å². The number of carbonyl (C=O) groups is 3. The number of nitrogens with one attached hydrogen (secondary N) is 2. The summed E-state index contributed by atoms with van der Waals surface area (Å²) in [6.07, 6.45) is 1.75. The Morgan fingerprint density at radius 1 is 0.882 bits per heavy atom. The van der Waals surface area contributed by atoms with Crippen LogP contribution in [-0.4, -0.2) is 59.0 Å². The standard InChI is InChI=1S/C24H27F2N5O3/c25-16-4-8-20(9-5-16)29-24(34)31-13-12-30(23(33)15-2-1-3-17(26)14-15)22(31)21(32)28-19-10-6-18(27)7-11-19/h1-5,8-9,14,18-19,22H,6-7,10-13,27H2,(H,28,32)(H,29,34). The summed E-state index contributed by atoms with van der Waals surface area (Å²) < 4.78 is 26.9. The minimum Gasteiger partial charge on any atom is -0.350 e. The van der Waals surface area contributed by atoms with Gasteiger partial charge in [-0.15, -0.1) is 0 Å². The van der Waals surface area contributed by atoms with E-state index in [1.54, 1.807) is 0 Å². The number of hydrogen-bond acceptors (Lipinski definition) is 4. The fourth-order valence-electron chi connectivity index (χ4n) is 4.39. The SMILES string of the molecule is NC1CCC(NC(=O)C2N(C(=O)Nc3ccc(F)cc3)CCN2C(=O)c2cccc(F)c2)CC1. The molecule has 8 nitrogen and oxygen atoms in total. The highest BCUT2D eigenvalue weighted by atomic mass is 19.1. The molecule has 1 aliphatic heterocycles. The lowest BCUT2D eigenvalue weighted by Gasteiger charge is -2.32. The topological polar surface area (TPSA) is 108 Å². The fraction of sp³-hybridized carbons (Fsp3) is 0.375. The molecule has 2 aromatic carbocycles. The molecule has 0 spiro atoms. The van der Waals surface area contributed by atoms with E-state index in [1.807, 2.05) is 0 Å². The predicted octanol–water partition coefficient (Wildman–Crippen LogP) is 2.67. The van der Waals surface area contributed by atoms with Gasteiger partial charge in [-0.2, -0.15) is 0 Å². The molecule has 4 N–H and O–H groups in total. The highest BCUT2D eigenvalue weighted by molar-refractivity contribution is 6.00. The maximum Gasteiger partial charge on any atom is 0.323 e. The normalized spacial score (nSPS) is 22.4. The molecule has 0 aromatic heterocycles. The van der Waals surface area contributed by atoms with Crippen LogP contribution in [0.4, 0.5) is 19.3 Å². The highest BCUT2D eigenvalue weighted by Crippen LogP contribution is 2.23. The van der Waals surface area contributed by atoms with Gasteiger partial charge in [0.25, 0.3) is 11.8 Å². The van der Waals surface area contributed by atoms with Gasteiger partial charge in [-0.3, -0.25) is 14.5 Å². The van der Waals surface area contributed by atoms with Crippen LogP contribution in [0.15, 0.2) is 48.5 Å². The van der Waals surface area contributed by atoms with Crippen molar-refractivity contribution in [2.75, 3.05) is 18.4 Å². The highest BCUT2D eigenvalue weighted by Gasteiger charge is 2.43. The molecular weight excluding hydrogens is 444 g/mol. The summed E-state index contributed by atoms with van der Waals surface area (Å²) in [5.41, 5.74) is 6.39. The van der Waals surface area contributed by atoms with Gasteiger partial charge in [-0.05, 0) is 68.1 Å². The van der Waals surface area contributed by atoms with E-state index in [4.69, 9.17) is 5.73 Å². The van der Waals surface area contributed by atoms with E-state index in [9.17, 15) is 23.2 Å². The zero-order valence-electron chi connectivity index (χ0n) is 18.5. The van der Waals surface area contributed by atoms with Crippen LogP contribution in [0.1, 0.15) is 36.0 Å². The van der Waals surface area contributed by atoms with Crippen molar-refractivity contribution in [3.63, 3.8) is 0 Å². The average molecular weight is 472 g/mol. The van der Waals surface area contributed by atoms with Gasteiger partial charge < -0.3 is 21.3 Å². The Morgan fingerprint density at radius 2 is 1.56 bits per heavy atom. The summed E-state index contributed by atoms with van der Waals surface area (Å²) in [4.78, 5) is 42.1. The minimum atomic E-state index is -1.22. The number of nitrogens with two attached hydrogens (primary N) is 1. The van der Waals surface area contributed by atoms with Crippen LogP contribution < -0.4 is 16.4 Å². The molecule has 1 saturated carbocycles. The second-order valence-electron chi connectivity index (χ2n) is 8.63. The molecule has 1 unspecified atom stereocenters. The smallest absolute Gasteiger partial charge is 0.323 e. The first-order chi connectivity index (χ1) is 16.3. The second kappa shape index (κ2) is 10.2. The first kappa shape index (κ1) is 23.6. The number of anilines is 1. The first-order valence-electron chi connectivity index (χ1n) is 11.3. The Morgan fingerprint density at radius 3 is 2.24 bits per heavy atom. The quantitative estimate of drug-likeness (QED) is 0.637. The zero-order valence-corrected chi connectivity index (χ0v) is 18.5. The van der Waals surface area contributed by atoms with E-state index in [0.717, 1.165) is 18.9 Å². The number of hydrogen-bond donors (Lipinski definition) is 3. The van der Waals surface area contributed by atoms with Gasteiger partial charge in [-0.1, -0.05) is 6.07 Å². The van der Waals surface area contributed by atoms with Crippen LogP contribution in [-0.2, 0) is 4.79 Å². The minimum absolute atomic E-state index is 0.0854. The number of halogens is 2. The van der Waals surface area contributed by atoms with Gasteiger partial charge in [0.2, 0.25) is 0 Å². The number of urea groups is 1. The van der Waals surface area contributed by atoms with Crippen molar-refractivity contribution < 1.29 is 23.2 Å². The molecule has 1 atom stereocenters. The Balaban J connectivity index is 1.55. The molecule has 34 heavy (non-hydrogen) atoms. The van der Waals surface area contributed by atoms with E-state index >= 15 is 0 Å². The number of amides is 4. The van der Waals surface area contributed by atoms with Crippen LogP contribution in [0.5, 0.6) is 0 Å². The molecule has 1 heterocycles. The molecule has 2 fully saturated rings. The summed E-state index contributed by atoms with van der Waals surface area (Å²) in [5.74, 6) is -2.06. The third kappa shape index (κ3) is 5.33. The molecule has 1 aliphatic carbocycles. The summed E-state index contributed by atoms with van der Waals surface area (Å²) in [5, 5.41) is 5.59. The number of carbonyl (C=O) groups excluding carboxylic acids is 3. The molecule has 0 radical (unpaired) electrons. The maximum atomic E-state index is 13.7. The summed E-state index contributed by atoms with van der Waals surface area (Å²) in [7, 11) is 0. The lowest BCUT2D eigenvalue weighted by atomic mass is 9.92. The lowest BCUT2D eigenvalue weighted by molar-refractivity contribution is -0.128. The second-order valence-corrected chi connectivity index (χ2v) is 8.63. The van der Waals surface area contributed by atoms with Gasteiger partial charge in [0.1, 0.15) is 11.6 Å². The zero-order chi connectivity index (χ0) is 24.2. The molecule has 4 amide bonds. The van der Waals surface area contributed by atoms with E-state index < -0.39 is 35.6 Å². The van der Waals surface area contributed by atoms with Crippen LogP contribution >= 0.6 is 0 Å². The van der Waals surface area contributed by atoms with Gasteiger partial charge in [0.15, 0.2) is 6.17 Å². The van der Waals surface area contributed by atoms with E-state index in [0.29, 0.717) is 18.5 Å². The molecule has 1 saturated heterocycles. The largest absolute Gasteiger partial charge is 0.350 e. The molecule has 2 aromatic rings. The van der Waals surface area contributed by atoms with Crippen LogP contribution in [0, 0.1) is 11.6 Å². The molecule has 10 heteroatoms. The number of nitrogens with zero attached hydrogens (tertiary/aromatic N) is 2. The maximum absolute atomic E-state index is 13.7. The first-order valence-corrected chi connectivity index (χ1v) is 11.3. The Hall–Kier alpha value is -3.53. The van der Waals surface area contributed by atoms with Crippen molar-refractivity contribution in [3.05, 3.63) is 65.7 Å². The van der Waals surface area contributed by atoms with Crippen molar-refractivity contribution in [2.45, 2.75) is 43.9 Å². The van der Waals surface area contributed by atoms with Gasteiger partial charge in [0.05, 0.1) is 0 Å². The molecule has 4 rings (SSSR count). The van der Waals surface area contributed by atoms with Crippen molar-refractivity contribution >= 4 is 23.5 Å². The number of benzene rings is 2. The third-order valence-corrected chi connectivity index (χ3v) is 6.21. The van der Waals surface area contributed by atoms with Crippen molar-refractivity contribution in [2.24, 2.45) is 5.73 Å². The Labute approximate surface area is 196 Å². The predicted molar refractivity (Wildman–Crippen MR) is 122 cm³/mol. The summed E-state index contributed by atoms with van der Waals surface area (Å²) in [6.45, 7) is 0.196. The van der Waals surface area contributed by atoms with Crippen molar-refractivity contribution in [1.82, 2.24) is 15.1 Å². The van der Waals surface area contributed by atoms with Gasteiger partial charge in [-0.25, -0.2) is 13.6 Å². The van der Waals surface area contributed by atoms with Crippen molar-refractivity contribution in [1.29, 1.82) is 0 Å². The average Bonchev–Trinajstić information content (AvgIpc) is 3.27. The molecule has 180 valence electrons. The molecule has 0 bridgehead atoms.